The van der Waals surface area contributed by atoms with Crippen LogP contribution in [0.15, 0.2) is 0 Å². The van der Waals surface area contributed by atoms with Crippen molar-refractivity contribution in [1.29, 1.82) is 0 Å². The molecule has 0 saturated heterocycles. The summed E-state index contributed by atoms with van der Waals surface area (Å²) < 4.78 is 10.8. The maximum absolute atomic E-state index is 5.72. The number of ether oxygens (including phenoxy) is 1. The lowest BCUT2D eigenvalue weighted by Crippen LogP contribution is -2.34. The van der Waals surface area contributed by atoms with E-state index in [0.29, 0.717) is 6.10 Å². The van der Waals surface area contributed by atoms with Gasteiger partial charge >= 0.3 is 0 Å². The number of hydrogen-bond acceptors (Lipinski definition) is 3. The normalized spacial score (nSPS) is 31.0. The van der Waals surface area contributed by atoms with Crippen molar-refractivity contribution in [3.63, 3.8) is 0 Å². The monoisotopic (exact) mass is 190 g/mol. The van der Waals surface area contributed by atoms with Gasteiger partial charge < -0.3 is 8.92 Å². The highest BCUT2D eigenvalue weighted by Crippen LogP contribution is 2.25. The second-order valence-electron chi connectivity index (χ2n) is 3.65. The molecule has 72 valence electrons. The Bertz CT molecular complexity index is 128. The van der Waals surface area contributed by atoms with Crippen LogP contribution in [0.2, 0.25) is 0 Å². The molecule has 1 saturated carbocycles. The van der Waals surface area contributed by atoms with E-state index >= 15 is 0 Å². The van der Waals surface area contributed by atoms with Crippen molar-refractivity contribution in [2.45, 2.75) is 57.8 Å². The zero-order chi connectivity index (χ0) is 8.97. The molecule has 2 nitrogen and oxygen atoms in total. The summed E-state index contributed by atoms with van der Waals surface area (Å²) in [5.41, 5.74) is 0. The minimum atomic E-state index is 0.199. The van der Waals surface area contributed by atoms with E-state index in [1.807, 2.05) is 0 Å². The molecule has 1 aliphatic carbocycles. The lowest BCUT2D eigenvalue weighted by molar-refractivity contribution is -0.0673. The van der Waals surface area contributed by atoms with Gasteiger partial charge in [-0.1, -0.05) is 12.8 Å². The topological polar surface area (TPSA) is 18.5 Å². The molecule has 0 aromatic heterocycles. The van der Waals surface area contributed by atoms with Gasteiger partial charge in [-0.05, 0) is 39.6 Å². The van der Waals surface area contributed by atoms with Crippen LogP contribution in [0, 0.1) is 0 Å². The molecule has 2 atom stereocenters. The zero-order valence-electron chi connectivity index (χ0n) is 7.82. The number of hydrogen-bond donors (Lipinski definition) is 1. The minimum absolute atomic E-state index is 0.199. The largest absolute Gasteiger partial charge is 0.373 e. The molecule has 12 heavy (non-hydrogen) atoms. The predicted molar refractivity (Wildman–Crippen MR) is 52.3 cm³/mol. The fraction of sp³-hybridized carbons (Fsp3) is 1.00. The van der Waals surface area contributed by atoms with Crippen molar-refractivity contribution < 1.29 is 8.92 Å². The number of thiol groups is 1. The van der Waals surface area contributed by atoms with E-state index in [9.17, 15) is 0 Å². The van der Waals surface area contributed by atoms with Gasteiger partial charge in [-0.3, -0.25) is 0 Å². The maximum Gasteiger partial charge on any atom is 0.0980 e. The van der Waals surface area contributed by atoms with Crippen LogP contribution >= 0.6 is 12.9 Å². The van der Waals surface area contributed by atoms with Gasteiger partial charge in [0.15, 0.2) is 0 Å². The Labute approximate surface area is 80.2 Å². The molecule has 3 heteroatoms. The summed E-state index contributed by atoms with van der Waals surface area (Å²) in [7, 11) is 0. The molecule has 0 aromatic rings. The highest BCUT2D eigenvalue weighted by molar-refractivity contribution is 7.75. The molecule has 0 aliphatic heterocycles. The molecule has 0 aromatic carbocycles. The Balaban J connectivity index is 2.36. The van der Waals surface area contributed by atoms with Crippen molar-refractivity contribution >= 4 is 12.9 Å². The van der Waals surface area contributed by atoms with Gasteiger partial charge in [-0.2, -0.15) is 0 Å². The summed E-state index contributed by atoms with van der Waals surface area (Å²) in [4.78, 5) is 0. The average molecular weight is 190 g/mol. The molecule has 0 heterocycles. The Morgan fingerprint density at radius 3 is 2.25 bits per heavy atom. The highest BCUT2D eigenvalue weighted by Gasteiger charge is 2.26. The smallest absolute Gasteiger partial charge is 0.0980 e. The molecular weight excluding hydrogens is 172 g/mol. The zero-order valence-corrected chi connectivity index (χ0v) is 8.72. The number of rotatable bonds is 3. The van der Waals surface area contributed by atoms with Crippen molar-refractivity contribution in [3.8, 4) is 0 Å². The first kappa shape index (κ1) is 10.4. The van der Waals surface area contributed by atoms with E-state index in [0.717, 1.165) is 12.8 Å². The summed E-state index contributed by atoms with van der Waals surface area (Å²) in [6.07, 6.45) is 5.44. The molecule has 0 spiro atoms. The van der Waals surface area contributed by atoms with Crippen LogP contribution < -0.4 is 0 Å². The van der Waals surface area contributed by atoms with Crippen LogP contribution in [0.5, 0.6) is 0 Å². The van der Waals surface area contributed by atoms with E-state index in [1.54, 1.807) is 0 Å². The second-order valence-corrected chi connectivity index (χ2v) is 3.86. The first-order chi connectivity index (χ1) is 5.74. The molecule has 1 rings (SSSR count). The molecule has 0 unspecified atom stereocenters. The molecule has 0 bridgehead atoms. The Kier molecular flexibility index (Phi) is 4.40. The summed E-state index contributed by atoms with van der Waals surface area (Å²) in [5.74, 6) is 0. The second kappa shape index (κ2) is 5.10. The summed E-state index contributed by atoms with van der Waals surface area (Å²) >= 11 is 3.87. The molecular formula is C9H18O2S. The molecule has 1 aliphatic rings. The lowest BCUT2D eigenvalue weighted by Gasteiger charge is -2.30. The van der Waals surface area contributed by atoms with E-state index < -0.39 is 0 Å². The van der Waals surface area contributed by atoms with Crippen LogP contribution in [-0.4, -0.2) is 18.3 Å². The van der Waals surface area contributed by atoms with E-state index in [2.05, 4.69) is 26.8 Å². The van der Waals surface area contributed by atoms with Gasteiger partial charge in [-0.15, -0.1) is 0 Å². The van der Waals surface area contributed by atoms with Gasteiger partial charge in [0.1, 0.15) is 0 Å². The summed E-state index contributed by atoms with van der Waals surface area (Å²) in [6, 6.07) is 0. The predicted octanol–water partition coefficient (Wildman–Crippen LogP) is 2.58. The molecule has 0 N–H and O–H groups in total. The van der Waals surface area contributed by atoms with Crippen molar-refractivity contribution in [2.75, 3.05) is 0 Å². The van der Waals surface area contributed by atoms with Gasteiger partial charge in [0.05, 0.1) is 18.3 Å². The van der Waals surface area contributed by atoms with Gasteiger partial charge in [-0.25, -0.2) is 0 Å². The summed E-state index contributed by atoms with van der Waals surface area (Å²) in [6.45, 7) is 4.12. The fourth-order valence-corrected chi connectivity index (χ4v) is 1.93. The van der Waals surface area contributed by atoms with Crippen LogP contribution in [-0.2, 0) is 8.92 Å². The third-order valence-corrected chi connectivity index (χ3v) is 2.50. The minimum Gasteiger partial charge on any atom is -0.373 e. The molecule has 0 amide bonds. The maximum atomic E-state index is 5.72. The first-order valence-electron chi connectivity index (χ1n) is 4.69. The SMILES string of the molecule is CC(C)O[C@H]1CCCC[C@@H]1OS. The third kappa shape index (κ3) is 2.96. The van der Waals surface area contributed by atoms with Crippen LogP contribution in [0.25, 0.3) is 0 Å². The van der Waals surface area contributed by atoms with Crippen molar-refractivity contribution in [2.24, 2.45) is 0 Å². The molecule has 0 radical (unpaired) electrons. The quantitative estimate of drug-likeness (QED) is 0.544. The van der Waals surface area contributed by atoms with E-state index in [4.69, 9.17) is 8.92 Å². The van der Waals surface area contributed by atoms with Crippen LogP contribution in [0.1, 0.15) is 39.5 Å². The lowest BCUT2D eigenvalue weighted by atomic mass is 9.95. The Morgan fingerprint density at radius 2 is 1.75 bits per heavy atom. The highest BCUT2D eigenvalue weighted by atomic mass is 32.1. The van der Waals surface area contributed by atoms with Crippen molar-refractivity contribution in [1.82, 2.24) is 0 Å². The third-order valence-electron chi connectivity index (χ3n) is 2.22. The standard InChI is InChI=1S/C9H18O2S/c1-7(2)10-8-5-3-4-6-9(8)11-12/h7-9,12H,3-6H2,1-2H3/t8-,9-/m0/s1. The van der Waals surface area contributed by atoms with Crippen molar-refractivity contribution in [3.05, 3.63) is 0 Å². The Hall–Kier alpha value is 0.270. The van der Waals surface area contributed by atoms with E-state index in [-0.39, 0.29) is 12.2 Å². The van der Waals surface area contributed by atoms with Gasteiger partial charge in [0, 0.05) is 0 Å². The van der Waals surface area contributed by atoms with E-state index in [1.165, 1.54) is 12.8 Å². The first-order valence-corrected chi connectivity index (χ1v) is 5.06. The van der Waals surface area contributed by atoms with Gasteiger partial charge in [0.25, 0.3) is 0 Å². The average Bonchev–Trinajstić information content (AvgIpc) is 2.04. The van der Waals surface area contributed by atoms with Crippen LogP contribution in [0.3, 0.4) is 0 Å². The fourth-order valence-electron chi connectivity index (χ4n) is 1.69. The summed E-state index contributed by atoms with van der Waals surface area (Å²) in [5, 5.41) is 0. The Morgan fingerprint density at radius 1 is 1.17 bits per heavy atom. The van der Waals surface area contributed by atoms with Gasteiger partial charge in [0.2, 0.25) is 0 Å². The molecule has 1 fully saturated rings. The van der Waals surface area contributed by atoms with Crippen LogP contribution in [0.4, 0.5) is 0 Å².